The van der Waals surface area contributed by atoms with Gasteiger partial charge in [-0.2, -0.15) is 0 Å². The average molecular weight is 613 g/mol. The Morgan fingerprint density at radius 1 is 1.02 bits per heavy atom. The monoisotopic (exact) mass is 612 g/mol. The van der Waals surface area contributed by atoms with Gasteiger partial charge in [-0.1, -0.05) is 41.9 Å². The molecule has 0 saturated carbocycles. The van der Waals surface area contributed by atoms with Crippen molar-refractivity contribution < 1.29 is 58.9 Å². The third kappa shape index (κ3) is 6.13. The van der Waals surface area contributed by atoms with Crippen molar-refractivity contribution in [3.05, 3.63) is 74.8 Å². The highest BCUT2D eigenvalue weighted by atomic mass is 35.5. The van der Waals surface area contributed by atoms with Gasteiger partial charge in [0.15, 0.2) is 18.8 Å². The van der Waals surface area contributed by atoms with E-state index >= 15 is 0 Å². The molecule has 228 valence electrons. The van der Waals surface area contributed by atoms with Gasteiger partial charge in [0, 0.05) is 17.2 Å². The third-order valence-corrected chi connectivity index (χ3v) is 7.56. The molecule has 0 spiro atoms. The standard InChI is InChI=1S/C26H29ClN2O13/c27-13-7-6-12(8-14(13)29(36)37)23(35)28-24-19(33)17(31)21(15(9-30)39-24)42-26-20(34)18(32)22-16(40-26)10-38-25(41-22)11-4-2-1-3-5-11/h1-8,15-22,24-26,30-34H,9-10H2,(H,28,35)/t15-,16-,17-,18-,19-,20-,21-,22-,24-,25+,26-/m1/s1. The number of halogens is 1. The van der Waals surface area contributed by atoms with Gasteiger partial charge in [0.1, 0.15) is 53.9 Å². The van der Waals surface area contributed by atoms with Crippen LogP contribution in [0.25, 0.3) is 0 Å². The summed E-state index contributed by atoms with van der Waals surface area (Å²) < 4.78 is 28.6. The van der Waals surface area contributed by atoms with Crippen molar-refractivity contribution in [1.82, 2.24) is 5.32 Å². The van der Waals surface area contributed by atoms with E-state index in [4.69, 9.17) is 35.3 Å². The van der Waals surface area contributed by atoms with Gasteiger partial charge in [-0.3, -0.25) is 14.9 Å². The number of nitro groups is 1. The number of aliphatic hydroxyl groups is 5. The number of amides is 1. The lowest BCUT2D eigenvalue weighted by molar-refractivity contribution is -0.384. The zero-order valence-electron chi connectivity index (χ0n) is 21.7. The molecule has 3 heterocycles. The molecule has 3 aliphatic heterocycles. The molecule has 2 aromatic rings. The molecule has 42 heavy (non-hydrogen) atoms. The zero-order chi connectivity index (χ0) is 30.1. The summed E-state index contributed by atoms with van der Waals surface area (Å²) in [6.07, 6.45) is -15.3. The predicted molar refractivity (Wildman–Crippen MR) is 139 cm³/mol. The van der Waals surface area contributed by atoms with Crippen LogP contribution in [-0.2, 0) is 23.7 Å². The van der Waals surface area contributed by atoms with Crippen LogP contribution in [0.15, 0.2) is 48.5 Å². The normalized spacial score (nSPS) is 36.6. The van der Waals surface area contributed by atoms with Gasteiger partial charge in [-0.15, -0.1) is 0 Å². The second-order valence-electron chi connectivity index (χ2n) is 9.96. The minimum Gasteiger partial charge on any atom is -0.394 e. The molecule has 3 aliphatic rings. The number of ether oxygens (including phenoxy) is 5. The van der Waals surface area contributed by atoms with Crippen molar-refractivity contribution >= 4 is 23.2 Å². The first-order chi connectivity index (χ1) is 20.1. The molecule has 3 fully saturated rings. The summed E-state index contributed by atoms with van der Waals surface area (Å²) in [6, 6.07) is 12.3. The molecule has 2 aromatic carbocycles. The minimum atomic E-state index is -1.81. The second kappa shape index (κ2) is 12.8. The molecule has 16 heteroatoms. The Bertz CT molecular complexity index is 1270. The van der Waals surface area contributed by atoms with Gasteiger partial charge >= 0.3 is 0 Å². The van der Waals surface area contributed by atoms with Crippen LogP contribution in [0.5, 0.6) is 0 Å². The van der Waals surface area contributed by atoms with E-state index in [2.05, 4.69) is 5.32 Å². The first kappa shape index (κ1) is 30.7. The number of carbonyl (C=O) groups is 1. The lowest BCUT2D eigenvalue weighted by Gasteiger charge is -2.48. The Hall–Kier alpha value is -2.80. The fraction of sp³-hybridized carbons (Fsp3) is 0.500. The number of nitrogens with zero attached hydrogens (tertiary/aromatic N) is 1. The van der Waals surface area contributed by atoms with Gasteiger partial charge in [0.2, 0.25) is 0 Å². The first-order valence-corrected chi connectivity index (χ1v) is 13.3. The number of hydrogen-bond acceptors (Lipinski definition) is 13. The highest BCUT2D eigenvalue weighted by Gasteiger charge is 2.53. The minimum absolute atomic E-state index is 0.0272. The van der Waals surface area contributed by atoms with E-state index in [0.717, 1.165) is 12.1 Å². The molecule has 5 rings (SSSR count). The van der Waals surface area contributed by atoms with Gasteiger partial charge < -0.3 is 54.5 Å². The van der Waals surface area contributed by atoms with Crippen LogP contribution < -0.4 is 5.32 Å². The molecule has 0 radical (unpaired) electrons. The number of benzene rings is 2. The third-order valence-electron chi connectivity index (χ3n) is 7.24. The largest absolute Gasteiger partial charge is 0.394 e. The van der Waals surface area contributed by atoms with Crippen molar-refractivity contribution in [2.24, 2.45) is 0 Å². The van der Waals surface area contributed by atoms with Crippen LogP contribution in [0.4, 0.5) is 5.69 Å². The molecule has 3 saturated heterocycles. The van der Waals surface area contributed by atoms with Crippen molar-refractivity contribution in [3.63, 3.8) is 0 Å². The molecule has 1 amide bonds. The summed E-state index contributed by atoms with van der Waals surface area (Å²) >= 11 is 5.78. The SMILES string of the molecule is O=C(N[C@@H]1O[C@H](CO)[C@@H](O[C@H]2O[C@@H]3CO[C@H](c4ccccc4)O[C@H]3[C@H](O)[C@H]2O)[C@H](O)[C@H]1O)c1ccc(Cl)c([N+](=O)[O-])c1. The van der Waals surface area contributed by atoms with E-state index in [0.29, 0.717) is 5.56 Å². The zero-order valence-corrected chi connectivity index (χ0v) is 22.5. The summed E-state index contributed by atoms with van der Waals surface area (Å²) in [4.78, 5) is 23.1. The number of carbonyl (C=O) groups excluding carboxylic acids is 1. The highest BCUT2D eigenvalue weighted by molar-refractivity contribution is 6.32. The first-order valence-electron chi connectivity index (χ1n) is 13.0. The molecular weight excluding hydrogens is 584 g/mol. The molecule has 0 bridgehead atoms. The maximum atomic E-state index is 12.7. The smallest absolute Gasteiger partial charge is 0.288 e. The van der Waals surface area contributed by atoms with E-state index < -0.39 is 90.8 Å². The maximum Gasteiger partial charge on any atom is 0.288 e. The van der Waals surface area contributed by atoms with Gasteiger partial charge in [-0.05, 0) is 12.1 Å². The number of rotatable bonds is 7. The van der Waals surface area contributed by atoms with E-state index in [1.807, 2.05) is 6.07 Å². The van der Waals surface area contributed by atoms with E-state index in [1.54, 1.807) is 24.3 Å². The quantitative estimate of drug-likeness (QED) is 0.169. The van der Waals surface area contributed by atoms with Gasteiger partial charge in [0.05, 0.1) is 18.1 Å². The van der Waals surface area contributed by atoms with Crippen molar-refractivity contribution in [2.45, 2.75) is 67.6 Å². The molecule has 0 unspecified atom stereocenters. The van der Waals surface area contributed by atoms with E-state index in [1.165, 1.54) is 6.07 Å². The molecular formula is C26H29ClN2O13. The Kier molecular flexibility index (Phi) is 9.36. The summed E-state index contributed by atoms with van der Waals surface area (Å²) in [5, 5.41) is 66.3. The average Bonchev–Trinajstić information content (AvgIpc) is 2.99. The van der Waals surface area contributed by atoms with Crippen LogP contribution in [0.1, 0.15) is 22.2 Å². The van der Waals surface area contributed by atoms with E-state index in [9.17, 15) is 40.4 Å². The lowest BCUT2D eigenvalue weighted by Crippen LogP contribution is -2.67. The van der Waals surface area contributed by atoms with Crippen LogP contribution >= 0.6 is 11.6 Å². The Morgan fingerprint density at radius 2 is 1.76 bits per heavy atom. The van der Waals surface area contributed by atoms with Gasteiger partial charge in [0.25, 0.3) is 11.6 Å². The Balaban J connectivity index is 1.24. The summed E-state index contributed by atoms with van der Waals surface area (Å²) in [6.45, 7) is -0.782. The van der Waals surface area contributed by atoms with Crippen molar-refractivity contribution in [3.8, 4) is 0 Å². The summed E-state index contributed by atoms with van der Waals surface area (Å²) in [5.41, 5.74) is 0.00850. The maximum absolute atomic E-state index is 12.7. The topological polar surface area (TPSA) is 220 Å². The number of nitrogens with one attached hydrogen (secondary N) is 1. The van der Waals surface area contributed by atoms with Crippen LogP contribution in [0, 0.1) is 10.1 Å². The fourth-order valence-corrected chi connectivity index (χ4v) is 5.19. The van der Waals surface area contributed by atoms with Crippen LogP contribution in [-0.4, -0.2) is 111 Å². The number of fused-ring (bicyclic) bond motifs is 1. The van der Waals surface area contributed by atoms with Crippen molar-refractivity contribution in [2.75, 3.05) is 13.2 Å². The molecule has 0 aliphatic carbocycles. The summed E-state index contributed by atoms with van der Waals surface area (Å²) in [7, 11) is 0. The summed E-state index contributed by atoms with van der Waals surface area (Å²) in [5.74, 6) is -0.895. The van der Waals surface area contributed by atoms with Crippen LogP contribution in [0.3, 0.4) is 0 Å². The number of nitro benzene ring substituents is 1. The molecule has 6 N–H and O–H groups in total. The van der Waals surface area contributed by atoms with E-state index in [-0.39, 0.29) is 17.2 Å². The van der Waals surface area contributed by atoms with Crippen LogP contribution in [0.2, 0.25) is 5.02 Å². The second-order valence-corrected chi connectivity index (χ2v) is 10.4. The van der Waals surface area contributed by atoms with Gasteiger partial charge in [-0.25, -0.2) is 0 Å². The Labute approximate surface area is 243 Å². The molecule has 15 nitrogen and oxygen atoms in total. The number of aliphatic hydroxyl groups excluding tert-OH is 5. The highest BCUT2D eigenvalue weighted by Crippen LogP contribution is 2.36. The molecule has 11 atom stereocenters. The fourth-order valence-electron chi connectivity index (χ4n) is 5.00. The molecule has 0 aromatic heterocycles. The number of hydrogen-bond donors (Lipinski definition) is 6. The lowest BCUT2D eigenvalue weighted by atomic mass is 9.96. The Morgan fingerprint density at radius 3 is 2.45 bits per heavy atom. The van der Waals surface area contributed by atoms with Crippen molar-refractivity contribution in [1.29, 1.82) is 0 Å². The predicted octanol–water partition coefficient (Wildman–Crippen LogP) is -0.637.